The number of nitrogens with one attached hydrogen (secondary N) is 2. The maximum Gasteiger partial charge on any atom is 0.258 e. The van der Waals surface area contributed by atoms with E-state index in [-0.39, 0.29) is 36.4 Å². The van der Waals surface area contributed by atoms with E-state index in [9.17, 15) is 9.59 Å². The van der Waals surface area contributed by atoms with Crippen molar-refractivity contribution in [2.75, 3.05) is 6.61 Å². The van der Waals surface area contributed by atoms with Gasteiger partial charge in [0, 0.05) is 18.0 Å². The Labute approximate surface area is 161 Å². The molecule has 2 aliphatic carbocycles. The molecule has 0 aromatic heterocycles. The number of rotatable bonds is 4. The normalized spacial score (nSPS) is 32.6. The van der Waals surface area contributed by atoms with Crippen molar-refractivity contribution in [2.45, 2.75) is 64.0 Å². The van der Waals surface area contributed by atoms with E-state index in [4.69, 9.17) is 4.74 Å². The Morgan fingerprint density at radius 2 is 1.96 bits per heavy atom. The molecule has 3 fully saturated rings. The second-order valence-electron chi connectivity index (χ2n) is 8.47. The average molecular weight is 370 g/mol. The first-order chi connectivity index (χ1) is 13.1. The second kappa shape index (κ2) is 7.91. The van der Waals surface area contributed by atoms with E-state index in [1.54, 1.807) is 0 Å². The van der Waals surface area contributed by atoms with E-state index in [0.717, 1.165) is 37.0 Å². The van der Waals surface area contributed by atoms with Crippen molar-refractivity contribution in [1.29, 1.82) is 0 Å². The topological polar surface area (TPSA) is 67.4 Å². The molecular formula is C22H30N2O3. The summed E-state index contributed by atoms with van der Waals surface area (Å²) in [5.41, 5.74) is 1.03. The van der Waals surface area contributed by atoms with Crippen molar-refractivity contribution >= 4 is 11.8 Å². The van der Waals surface area contributed by atoms with Crippen molar-refractivity contribution in [3.63, 3.8) is 0 Å². The molecule has 5 nitrogen and oxygen atoms in total. The fraction of sp³-hybridized carbons (Fsp3) is 0.636. The third-order valence-electron chi connectivity index (χ3n) is 6.75. The number of amides is 2. The van der Waals surface area contributed by atoms with E-state index in [2.05, 4.69) is 10.6 Å². The number of para-hydroxylation sites is 1. The number of benzene rings is 1. The minimum absolute atomic E-state index is 0.0342. The highest BCUT2D eigenvalue weighted by molar-refractivity contribution is 5.80. The summed E-state index contributed by atoms with van der Waals surface area (Å²) in [6, 6.07) is 8.06. The molecular weight excluding hydrogens is 340 g/mol. The molecule has 0 spiro atoms. The van der Waals surface area contributed by atoms with E-state index < -0.39 is 0 Å². The van der Waals surface area contributed by atoms with Crippen molar-refractivity contribution in [3.05, 3.63) is 29.8 Å². The molecule has 3 aliphatic rings. The largest absolute Gasteiger partial charge is 0.484 e. The third kappa shape index (κ3) is 3.97. The van der Waals surface area contributed by atoms with Crippen LogP contribution in [-0.2, 0) is 9.59 Å². The Hall–Kier alpha value is -2.04. The summed E-state index contributed by atoms with van der Waals surface area (Å²) in [5.74, 6) is 2.28. The Morgan fingerprint density at radius 1 is 1.15 bits per heavy atom. The van der Waals surface area contributed by atoms with Gasteiger partial charge in [0.25, 0.3) is 5.91 Å². The number of hydrogen-bond donors (Lipinski definition) is 2. The summed E-state index contributed by atoms with van der Waals surface area (Å²) in [4.78, 5) is 24.8. The van der Waals surface area contributed by atoms with Crippen LogP contribution < -0.4 is 15.4 Å². The molecule has 0 radical (unpaired) electrons. The highest BCUT2D eigenvalue weighted by Crippen LogP contribution is 2.44. The number of aryl methyl sites for hydroxylation is 1. The van der Waals surface area contributed by atoms with Gasteiger partial charge in [-0.2, -0.15) is 0 Å². The molecule has 4 rings (SSSR count). The Bertz CT molecular complexity index is 705. The molecule has 1 saturated heterocycles. The van der Waals surface area contributed by atoms with E-state index in [0.29, 0.717) is 11.8 Å². The fourth-order valence-corrected chi connectivity index (χ4v) is 5.42. The predicted molar refractivity (Wildman–Crippen MR) is 103 cm³/mol. The molecule has 2 saturated carbocycles. The molecule has 0 bridgehead atoms. The third-order valence-corrected chi connectivity index (χ3v) is 6.75. The fourth-order valence-electron chi connectivity index (χ4n) is 5.42. The highest BCUT2D eigenvalue weighted by atomic mass is 16.5. The summed E-state index contributed by atoms with van der Waals surface area (Å²) < 4.78 is 5.65. The Morgan fingerprint density at radius 3 is 2.81 bits per heavy atom. The lowest BCUT2D eigenvalue weighted by Crippen LogP contribution is -2.59. The van der Waals surface area contributed by atoms with Crippen LogP contribution in [0, 0.1) is 24.7 Å². The van der Waals surface area contributed by atoms with Crippen LogP contribution in [0.2, 0.25) is 0 Å². The predicted octanol–water partition coefficient (Wildman–Crippen LogP) is 2.96. The van der Waals surface area contributed by atoms with Gasteiger partial charge in [-0.25, -0.2) is 0 Å². The van der Waals surface area contributed by atoms with Crippen LogP contribution >= 0.6 is 0 Å². The second-order valence-corrected chi connectivity index (χ2v) is 8.47. The van der Waals surface area contributed by atoms with Gasteiger partial charge < -0.3 is 15.4 Å². The molecule has 5 atom stereocenters. The van der Waals surface area contributed by atoms with Gasteiger partial charge in [-0.15, -0.1) is 0 Å². The van der Waals surface area contributed by atoms with Crippen molar-refractivity contribution in [2.24, 2.45) is 17.8 Å². The zero-order valence-electron chi connectivity index (χ0n) is 16.1. The minimum atomic E-state index is -0.0839. The standard InChI is InChI=1S/C22H30N2O3/c1-14-6-2-5-9-20(14)27-13-21(25)23-15-10-11-17-16-7-3-4-8-18(16)22(26)24-19(17)12-15/h2,5-6,9,15-19H,3-4,7-8,10-13H2,1H3,(H,23,25)(H,24,26). The zero-order chi connectivity index (χ0) is 18.8. The first-order valence-electron chi connectivity index (χ1n) is 10.4. The van der Waals surface area contributed by atoms with E-state index in [1.807, 2.05) is 31.2 Å². The quantitative estimate of drug-likeness (QED) is 0.856. The van der Waals surface area contributed by atoms with Gasteiger partial charge in [0.15, 0.2) is 6.61 Å². The smallest absolute Gasteiger partial charge is 0.258 e. The van der Waals surface area contributed by atoms with Crippen molar-refractivity contribution < 1.29 is 14.3 Å². The molecule has 5 unspecified atom stereocenters. The van der Waals surface area contributed by atoms with Crippen LogP contribution in [0.5, 0.6) is 5.75 Å². The van der Waals surface area contributed by atoms with E-state index >= 15 is 0 Å². The molecule has 146 valence electrons. The van der Waals surface area contributed by atoms with Gasteiger partial charge in [-0.3, -0.25) is 9.59 Å². The lowest BCUT2D eigenvalue weighted by Gasteiger charge is -2.49. The number of hydrogen-bond acceptors (Lipinski definition) is 3. The first-order valence-corrected chi connectivity index (χ1v) is 10.4. The minimum Gasteiger partial charge on any atom is -0.484 e. The van der Waals surface area contributed by atoms with Crippen molar-refractivity contribution in [3.8, 4) is 5.75 Å². The average Bonchev–Trinajstić information content (AvgIpc) is 2.67. The van der Waals surface area contributed by atoms with Crippen LogP contribution in [0.15, 0.2) is 24.3 Å². The van der Waals surface area contributed by atoms with Gasteiger partial charge in [0.05, 0.1) is 0 Å². The molecule has 1 aliphatic heterocycles. The van der Waals surface area contributed by atoms with Crippen molar-refractivity contribution in [1.82, 2.24) is 10.6 Å². The van der Waals surface area contributed by atoms with Gasteiger partial charge in [-0.1, -0.05) is 31.0 Å². The summed E-state index contributed by atoms with van der Waals surface area (Å²) in [6.07, 6.45) is 7.62. The molecule has 5 heteroatoms. The maximum atomic E-state index is 12.5. The lowest BCUT2D eigenvalue weighted by molar-refractivity contribution is -0.136. The van der Waals surface area contributed by atoms with Gasteiger partial charge >= 0.3 is 0 Å². The molecule has 27 heavy (non-hydrogen) atoms. The van der Waals surface area contributed by atoms with Crippen LogP contribution in [0.1, 0.15) is 50.5 Å². The van der Waals surface area contributed by atoms with Crippen LogP contribution in [0.4, 0.5) is 0 Å². The van der Waals surface area contributed by atoms with E-state index in [1.165, 1.54) is 19.3 Å². The molecule has 1 aromatic rings. The molecule has 2 amide bonds. The summed E-state index contributed by atoms with van der Waals surface area (Å²) >= 11 is 0. The molecule has 2 N–H and O–H groups in total. The van der Waals surface area contributed by atoms with Gasteiger partial charge in [0.2, 0.25) is 5.91 Å². The zero-order valence-corrected chi connectivity index (χ0v) is 16.1. The number of piperidine rings is 1. The van der Waals surface area contributed by atoms with Gasteiger partial charge in [-0.05, 0) is 62.5 Å². The number of carbonyl (C=O) groups is 2. The number of ether oxygens (including phenoxy) is 1. The number of carbonyl (C=O) groups excluding carboxylic acids is 2. The maximum absolute atomic E-state index is 12.5. The van der Waals surface area contributed by atoms with Crippen LogP contribution in [-0.4, -0.2) is 30.5 Å². The van der Waals surface area contributed by atoms with Crippen LogP contribution in [0.25, 0.3) is 0 Å². The van der Waals surface area contributed by atoms with Crippen LogP contribution in [0.3, 0.4) is 0 Å². The Kier molecular flexibility index (Phi) is 5.37. The lowest BCUT2D eigenvalue weighted by atomic mass is 9.63. The summed E-state index contributed by atoms with van der Waals surface area (Å²) in [7, 11) is 0. The number of fused-ring (bicyclic) bond motifs is 3. The SMILES string of the molecule is Cc1ccccc1OCC(=O)NC1CCC2C(C1)NC(=O)C1CCCCC12. The summed E-state index contributed by atoms with van der Waals surface area (Å²) in [6.45, 7) is 2.01. The molecule has 1 heterocycles. The first kappa shape index (κ1) is 18.3. The monoisotopic (exact) mass is 370 g/mol. The molecule has 1 aromatic carbocycles. The van der Waals surface area contributed by atoms with Gasteiger partial charge in [0.1, 0.15) is 5.75 Å². The summed E-state index contributed by atoms with van der Waals surface area (Å²) in [5, 5.41) is 6.38. The highest BCUT2D eigenvalue weighted by Gasteiger charge is 2.46. The Balaban J connectivity index is 1.30.